The first-order valence-corrected chi connectivity index (χ1v) is 11.5. The molecule has 0 bridgehead atoms. The Hall–Kier alpha value is -3.07. The van der Waals surface area contributed by atoms with E-state index < -0.39 is 5.60 Å². The predicted octanol–water partition coefficient (Wildman–Crippen LogP) is 6.40. The van der Waals surface area contributed by atoms with Gasteiger partial charge < -0.3 is 9.64 Å². The van der Waals surface area contributed by atoms with Crippen LogP contribution in [-0.4, -0.2) is 29.7 Å². The Balaban J connectivity index is 1.52. The molecule has 0 fully saturated rings. The van der Waals surface area contributed by atoms with E-state index in [9.17, 15) is 4.79 Å². The molecule has 0 saturated heterocycles. The van der Waals surface area contributed by atoms with Crippen LogP contribution in [0.1, 0.15) is 54.5 Å². The molecule has 3 nitrogen and oxygen atoms in total. The maximum atomic E-state index is 12.8. The molecule has 4 rings (SSSR count). The number of benzene rings is 3. The lowest BCUT2D eigenvalue weighted by molar-refractivity contribution is 0.0207. The molecule has 0 aliphatic heterocycles. The van der Waals surface area contributed by atoms with Crippen LogP contribution in [0.25, 0.3) is 0 Å². The molecule has 1 aliphatic rings. The maximum absolute atomic E-state index is 12.8. The molecule has 2 atom stereocenters. The number of ether oxygens (including phenoxy) is 1. The number of hydrogen-bond acceptors (Lipinski definition) is 2. The van der Waals surface area contributed by atoms with Gasteiger partial charge in [0.25, 0.3) is 0 Å². The maximum Gasteiger partial charge on any atom is 0.410 e. The number of carbonyl (C=O) groups excluding carboxylic acids is 1. The van der Waals surface area contributed by atoms with Crippen LogP contribution in [0, 0.1) is 0 Å². The Labute approximate surface area is 192 Å². The second kappa shape index (κ2) is 9.20. The molecule has 166 valence electrons. The third-order valence-electron chi connectivity index (χ3n) is 6.26. The Morgan fingerprint density at radius 3 is 2.16 bits per heavy atom. The highest BCUT2D eigenvalue weighted by atomic mass is 16.6. The van der Waals surface area contributed by atoms with E-state index in [1.807, 2.05) is 27.8 Å². The van der Waals surface area contributed by atoms with E-state index in [0.717, 1.165) is 19.3 Å². The molecule has 3 heteroatoms. The summed E-state index contributed by atoms with van der Waals surface area (Å²) in [6.45, 7) is 5.74. The van der Waals surface area contributed by atoms with E-state index in [2.05, 4.69) is 78.9 Å². The van der Waals surface area contributed by atoms with Crippen molar-refractivity contribution in [3.63, 3.8) is 0 Å². The van der Waals surface area contributed by atoms with E-state index in [1.54, 1.807) is 4.90 Å². The van der Waals surface area contributed by atoms with Gasteiger partial charge in [-0.3, -0.25) is 0 Å². The SMILES string of the molecule is CN(C(=O)OC(C)(C)C)C1Cc2ccccc2C1Cc1ccc(Cc2ccccc2)cc1. The average Bonchev–Trinajstić information content (AvgIpc) is 3.12. The third kappa shape index (κ3) is 5.21. The zero-order valence-electron chi connectivity index (χ0n) is 19.5. The zero-order chi connectivity index (χ0) is 22.7. The number of nitrogens with zero attached hydrogens (tertiary/aromatic N) is 1. The van der Waals surface area contributed by atoms with Gasteiger partial charge in [0.05, 0.1) is 0 Å². The van der Waals surface area contributed by atoms with Gasteiger partial charge in [-0.05, 0) is 67.9 Å². The van der Waals surface area contributed by atoms with E-state index >= 15 is 0 Å². The summed E-state index contributed by atoms with van der Waals surface area (Å²) in [6.07, 6.45) is 2.46. The van der Waals surface area contributed by atoms with E-state index in [0.29, 0.717) is 0 Å². The molecule has 1 aliphatic carbocycles. The number of likely N-dealkylation sites (N-methyl/N-ethyl adjacent to an activating group) is 1. The Morgan fingerprint density at radius 2 is 1.47 bits per heavy atom. The molecule has 2 unspecified atom stereocenters. The van der Waals surface area contributed by atoms with Gasteiger partial charge in [-0.15, -0.1) is 0 Å². The van der Waals surface area contributed by atoms with Crippen LogP contribution in [-0.2, 0) is 24.0 Å². The first-order chi connectivity index (χ1) is 15.3. The Bertz CT molecular complexity index is 1050. The number of carbonyl (C=O) groups is 1. The summed E-state index contributed by atoms with van der Waals surface area (Å²) in [6, 6.07) is 28.2. The summed E-state index contributed by atoms with van der Waals surface area (Å²) in [5.41, 5.74) is 6.12. The molecular weight excluding hydrogens is 394 g/mol. The Morgan fingerprint density at radius 1 is 0.875 bits per heavy atom. The van der Waals surface area contributed by atoms with Crippen molar-refractivity contribution < 1.29 is 9.53 Å². The first kappa shape index (κ1) is 22.1. The molecular formula is C29H33NO2. The summed E-state index contributed by atoms with van der Waals surface area (Å²) < 4.78 is 5.67. The van der Waals surface area contributed by atoms with Crippen molar-refractivity contribution in [2.75, 3.05) is 7.05 Å². The molecule has 0 aromatic heterocycles. The van der Waals surface area contributed by atoms with Crippen molar-refractivity contribution in [3.8, 4) is 0 Å². The largest absolute Gasteiger partial charge is 0.444 e. The molecule has 3 aromatic rings. The molecule has 0 saturated carbocycles. The third-order valence-corrected chi connectivity index (χ3v) is 6.26. The lowest BCUT2D eigenvalue weighted by atomic mass is 9.89. The van der Waals surface area contributed by atoms with Gasteiger partial charge in [-0.1, -0.05) is 78.9 Å². The number of amides is 1. The minimum absolute atomic E-state index is 0.0891. The van der Waals surface area contributed by atoms with Crippen molar-refractivity contribution in [1.82, 2.24) is 4.90 Å². The van der Waals surface area contributed by atoms with Crippen LogP contribution >= 0.6 is 0 Å². The zero-order valence-corrected chi connectivity index (χ0v) is 19.5. The number of fused-ring (bicyclic) bond motifs is 1. The highest BCUT2D eigenvalue weighted by molar-refractivity contribution is 5.69. The number of hydrogen-bond donors (Lipinski definition) is 0. The summed E-state index contributed by atoms with van der Waals surface area (Å²) >= 11 is 0. The van der Waals surface area contributed by atoms with Crippen LogP contribution < -0.4 is 0 Å². The fraction of sp³-hybridized carbons (Fsp3) is 0.345. The quantitative estimate of drug-likeness (QED) is 0.472. The normalized spacial score (nSPS) is 17.6. The molecule has 0 N–H and O–H groups in total. The van der Waals surface area contributed by atoms with Crippen LogP contribution in [0.3, 0.4) is 0 Å². The van der Waals surface area contributed by atoms with Crippen LogP contribution in [0.15, 0.2) is 78.9 Å². The smallest absolute Gasteiger partial charge is 0.410 e. The highest BCUT2D eigenvalue weighted by Crippen LogP contribution is 2.38. The van der Waals surface area contributed by atoms with Crippen molar-refractivity contribution in [3.05, 3.63) is 107 Å². The second-order valence-electron chi connectivity index (χ2n) is 9.85. The average molecular weight is 428 g/mol. The molecule has 0 radical (unpaired) electrons. The van der Waals surface area contributed by atoms with Gasteiger partial charge in [-0.2, -0.15) is 0 Å². The van der Waals surface area contributed by atoms with E-state index in [-0.39, 0.29) is 18.1 Å². The van der Waals surface area contributed by atoms with Gasteiger partial charge in [0.15, 0.2) is 0 Å². The van der Waals surface area contributed by atoms with E-state index in [1.165, 1.54) is 27.8 Å². The van der Waals surface area contributed by atoms with Crippen molar-refractivity contribution in [2.45, 2.75) is 57.6 Å². The summed E-state index contributed by atoms with van der Waals surface area (Å²) in [7, 11) is 1.88. The van der Waals surface area contributed by atoms with Crippen molar-refractivity contribution in [1.29, 1.82) is 0 Å². The Kier molecular flexibility index (Phi) is 6.36. The topological polar surface area (TPSA) is 29.5 Å². The molecule has 32 heavy (non-hydrogen) atoms. The lowest BCUT2D eigenvalue weighted by Crippen LogP contribution is -2.43. The molecule has 0 heterocycles. The predicted molar refractivity (Wildman–Crippen MR) is 130 cm³/mol. The number of rotatable bonds is 5. The van der Waals surface area contributed by atoms with Gasteiger partial charge >= 0.3 is 6.09 Å². The monoisotopic (exact) mass is 427 g/mol. The van der Waals surface area contributed by atoms with Gasteiger partial charge in [-0.25, -0.2) is 4.79 Å². The van der Waals surface area contributed by atoms with Crippen LogP contribution in [0.4, 0.5) is 4.79 Å². The fourth-order valence-electron chi connectivity index (χ4n) is 4.66. The second-order valence-corrected chi connectivity index (χ2v) is 9.85. The van der Waals surface area contributed by atoms with E-state index in [4.69, 9.17) is 4.74 Å². The van der Waals surface area contributed by atoms with Gasteiger partial charge in [0.1, 0.15) is 5.60 Å². The summed E-state index contributed by atoms with van der Waals surface area (Å²) in [5.74, 6) is 0.253. The first-order valence-electron chi connectivity index (χ1n) is 11.5. The summed E-state index contributed by atoms with van der Waals surface area (Å²) in [4.78, 5) is 14.6. The minimum atomic E-state index is -0.499. The van der Waals surface area contributed by atoms with Gasteiger partial charge in [0, 0.05) is 19.0 Å². The van der Waals surface area contributed by atoms with Gasteiger partial charge in [0.2, 0.25) is 0 Å². The lowest BCUT2D eigenvalue weighted by Gasteiger charge is -2.32. The fourth-order valence-corrected chi connectivity index (χ4v) is 4.66. The van der Waals surface area contributed by atoms with Crippen LogP contribution in [0.5, 0.6) is 0 Å². The van der Waals surface area contributed by atoms with Crippen molar-refractivity contribution in [2.24, 2.45) is 0 Å². The molecule has 0 spiro atoms. The van der Waals surface area contributed by atoms with Crippen molar-refractivity contribution >= 4 is 6.09 Å². The molecule has 1 amide bonds. The summed E-state index contributed by atoms with van der Waals surface area (Å²) in [5, 5.41) is 0. The minimum Gasteiger partial charge on any atom is -0.444 e. The highest BCUT2D eigenvalue weighted by Gasteiger charge is 2.38. The van der Waals surface area contributed by atoms with Crippen LogP contribution in [0.2, 0.25) is 0 Å². The molecule has 3 aromatic carbocycles. The standard InChI is InChI=1S/C29H33NO2/c1-29(2,3)32-28(31)30(4)27-20-24-12-8-9-13-25(24)26(27)19-23-16-14-22(15-17-23)18-21-10-6-5-7-11-21/h5-17,26-27H,18-20H2,1-4H3.